The van der Waals surface area contributed by atoms with Crippen molar-refractivity contribution in [1.82, 2.24) is 0 Å². The Morgan fingerprint density at radius 2 is 1.77 bits per heavy atom. The molecular formula is C32H35ClF3N3O5. The number of benzene rings is 3. The minimum absolute atomic E-state index is 0.232. The van der Waals surface area contributed by atoms with Gasteiger partial charge in [0.25, 0.3) is 5.91 Å². The molecule has 1 aliphatic rings. The van der Waals surface area contributed by atoms with Crippen molar-refractivity contribution in [3.63, 3.8) is 0 Å². The molecule has 0 radical (unpaired) electrons. The number of aliphatic hydroxyl groups excluding tert-OH is 1. The van der Waals surface area contributed by atoms with Crippen LogP contribution < -0.4 is 19.7 Å². The summed E-state index contributed by atoms with van der Waals surface area (Å²) in [7, 11) is 1.51. The first-order valence-corrected chi connectivity index (χ1v) is 14.2. The molecule has 4 rings (SSSR count). The fourth-order valence-electron chi connectivity index (χ4n) is 4.81. The molecule has 0 saturated heterocycles. The number of ether oxygens (including phenoxy) is 2. The van der Waals surface area contributed by atoms with E-state index in [2.05, 4.69) is 15.2 Å². The molecule has 0 spiro atoms. The molecule has 1 atom stereocenters. The Bertz CT molecular complexity index is 1540. The average Bonchev–Trinajstić information content (AvgIpc) is 3.23. The zero-order valence-corrected chi connectivity index (χ0v) is 26.0. The Balaban J connectivity index is 1.75. The molecule has 0 bridgehead atoms. The van der Waals surface area contributed by atoms with Crippen molar-refractivity contribution in [1.29, 1.82) is 0 Å². The first-order chi connectivity index (χ1) is 20.5. The second-order valence-electron chi connectivity index (χ2n) is 11.8. The van der Waals surface area contributed by atoms with Crippen molar-refractivity contribution in [2.75, 3.05) is 30.5 Å². The number of halogens is 4. The molecule has 44 heavy (non-hydrogen) atoms. The molecule has 0 saturated carbocycles. The van der Waals surface area contributed by atoms with E-state index in [0.717, 1.165) is 5.56 Å². The quantitative estimate of drug-likeness (QED) is 0.181. The Labute approximate surface area is 259 Å². The van der Waals surface area contributed by atoms with Crippen molar-refractivity contribution in [3.05, 3.63) is 82.4 Å². The van der Waals surface area contributed by atoms with Crippen molar-refractivity contribution < 1.29 is 37.4 Å². The van der Waals surface area contributed by atoms with Gasteiger partial charge in [-0.05, 0) is 62.2 Å². The zero-order valence-electron chi connectivity index (χ0n) is 25.3. The van der Waals surface area contributed by atoms with Crippen LogP contribution in [0.2, 0.25) is 5.02 Å². The molecule has 236 valence electrons. The van der Waals surface area contributed by atoms with Gasteiger partial charge in [0, 0.05) is 40.4 Å². The van der Waals surface area contributed by atoms with Gasteiger partial charge in [-0.15, -0.1) is 13.2 Å². The molecule has 1 aliphatic heterocycles. The Kier molecular flexibility index (Phi) is 9.41. The van der Waals surface area contributed by atoms with Crippen LogP contribution in [-0.2, 0) is 15.0 Å². The van der Waals surface area contributed by atoms with Crippen molar-refractivity contribution in [2.24, 2.45) is 5.16 Å². The summed E-state index contributed by atoms with van der Waals surface area (Å²) in [5, 5.41) is 17.4. The van der Waals surface area contributed by atoms with E-state index in [4.69, 9.17) is 21.2 Å². The predicted molar refractivity (Wildman–Crippen MR) is 164 cm³/mol. The number of amides is 1. The molecule has 12 heteroatoms. The fourth-order valence-corrected chi connectivity index (χ4v) is 4.94. The van der Waals surface area contributed by atoms with Gasteiger partial charge in [-0.25, -0.2) is 0 Å². The number of nitrogens with zero attached hydrogens (tertiary/aromatic N) is 2. The van der Waals surface area contributed by atoms with Gasteiger partial charge in [0.2, 0.25) is 0 Å². The SMILES string of the molecule is COc1cc(NC(C(=O)N2CC(C)(C)c3ccc(OC(F)(F)F)cc32)c2ccc(Cl)cc2)cc(C(C)=NOC(C)(C)CO)c1. The molecule has 0 fully saturated rings. The Hall–Kier alpha value is -3.96. The van der Waals surface area contributed by atoms with E-state index in [-0.39, 0.29) is 13.2 Å². The summed E-state index contributed by atoms with van der Waals surface area (Å²) in [6.07, 6.45) is -4.88. The van der Waals surface area contributed by atoms with Gasteiger partial charge in [0.1, 0.15) is 17.5 Å². The molecular weight excluding hydrogens is 599 g/mol. The van der Waals surface area contributed by atoms with Crippen LogP contribution in [0.1, 0.15) is 57.4 Å². The minimum atomic E-state index is -4.88. The summed E-state index contributed by atoms with van der Waals surface area (Å²) < 4.78 is 48.8. The maximum Gasteiger partial charge on any atom is 0.573 e. The van der Waals surface area contributed by atoms with Crippen LogP contribution in [0.3, 0.4) is 0 Å². The smallest absolute Gasteiger partial charge is 0.497 e. The van der Waals surface area contributed by atoms with Gasteiger partial charge >= 0.3 is 6.36 Å². The standard InChI is InChI=1S/C32H35ClF3N3O5/c1-19(38-44-31(4,5)18-40)21-13-23(15-25(14-21)42-6)37-28(20-7-9-22(33)10-8-20)29(41)39-17-30(2,3)26-12-11-24(16-27(26)39)43-32(34,35)36/h7-16,28,37,40H,17-18H2,1-6H3. The average molecular weight is 634 g/mol. The number of fused-ring (bicyclic) bond motifs is 1. The van der Waals surface area contributed by atoms with E-state index in [0.29, 0.717) is 39.0 Å². The first kappa shape index (κ1) is 32.9. The minimum Gasteiger partial charge on any atom is -0.497 e. The van der Waals surface area contributed by atoms with Crippen LogP contribution in [0.25, 0.3) is 0 Å². The predicted octanol–water partition coefficient (Wildman–Crippen LogP) is 7.24. The largest absolute Gasteiger partial charge is 0.573 e. The number of nitrogens with one attached hydrogen (secondary N) is 1. The number of anilines is 2. The second-order valence-corrected chi connectivity index (χ2v) is 12.2. The summed E-state index contributed by atoms with van der Waals surface area (Å²) in [5.74, 6) is -0.336. The van der Waals surface area contributed by atoms with Crippen LogP contribution in [0.15, 0.2) is 65.8 Å². The number of rotatable bonds is 10. The van der Waals surface area contributed by atoms with Crippen LogP contribution in [-0.4, -0.2) is 49.0 Å². The van der Waals surface area contributed by atoms with E-state index in [1.807, 2.05) is 13.8 Å². The number of hydrogen-bond acceptors (Lipinski definition) is 7. The third-order valence-electron chi connectivity index (χ3n) is 7.17. The van der Waals surface area contributed by atoms with Crippen LogP contribution in [0.4, 0.5) is 24.5 Å². The fraction of sp³-hybridized carbons (Fsp3) is 0.375. The van der Waals surface area contributed by atoms with Gasteiger partial charge in [-0.2, -0.15) is 0 Å². The number of aliphatic hydroxyl groups is 1. The number of oxime groups is 1. The highest BCUT2D eigenvalue weighted by Gasteiger charge is 2.41. The van der Waals surface area contributed by atoms with Crippen LogP contribution in [0.5, 0.6) is 11.5 Å². The lowest BCUT2D eigenvalue weighted by atomic mass is 9.87. The highest BCUT2D eigenvalue weighted by Crippen LogP contribution is 2.44. The van der Waals surface area contributed by atoms with Crippen molar-refractivity contribution in [3.8, 4) is 11.5 Å². The molecule has 3 aromatic rings. The number of methoxy groups -OCH3 is 1. The first-order valence-electron chi connectivity index (χ1n) is 13.8. The van der Waals surface area contributed by atoms with E-state index >= 15 is 0 Å². The maximum absolute atomic E-state index is 14.4. The lowest BCUT2D eigenvalue weighted by Crippen LogP contribution is -2.39. The monoisotopic (exact) mass is 633 g/mol. The van der Waals surface area contributed by atoms with E-state index < -0.39 is 35.1 Å². The molecule has 8 nitrogen and oxygen atoms in total. The number of hydrogen-bond donors (Lipinski definition) is 2. The number of carbonyl (C=O) groups excluding carboxylic acids is 1. The lowest BCUT2D eigenvalue weighted by molar-refractivity contribution is -0.274. The van der Waals surface area contributed by atoms with Crippen molar-refractivity contribution >= 4 is 34.6 Å². The highest BCUT2D eigenvalue weighted by molar-refractivity contribution is 6.30. The van der Waals surface area contributed by atoms with E-state index in [9.17, 15) is 23.1 Å². The van der Waals surface area contributed by atoms with E-state index in [1.165, 1.54) is 24.1 Å². The van der Waals surface area contributed by atoms with Gasteiger partial charge in [-0.3, -0.25) is 4.79 Å². The highest BCUT2D eigenvalue weighted by atomic mass is 35.5. The van der Waals surface area contributed by atoms with Crippen LogP contribution >= 0.6 is 11.6 Å². The third-order valence-corrected chi connectivity index (χ3v) is 7.43. The summed E-state index contributed by atoms with van der Waals surface area (Å²) in [6, 6.07) is 15.0. The third kappa shape index (κ3) is 7.75. The van der Waals surface area contributed by atoms with Gasteiger partial charge < -0.3 is 29.6 Å². The molecule has 0 aromatic heterocycles. The van der Waals surface area contributed by atoms with Gasteiger partial charge in [0.15, 0.2) is 5.60 Å². The lowest BCUT2D eigenvalue weighted by Gasteiger charge is -2.28. The molecule has 1 heterocycles. The number of carbonyl (C=O) groups is 1. The van der Waals surface area contributed by atoms with Gasteiger partial charge in [0.05, 0.1) is 25.1 Å². The maximum atomic E-state index is 14.4. The Morgan fingerprint density at radius 1 is 1.09 bits per heavy atom. The Morgan fingerprint density at radius 3 is 2.39 bits per heavy atom. The number of alkyl halides is 3. The topological polar surface area (TPSA) is 92.6 Å². The molecule has 3 aromatic carbocycles. The summed E-state index contributed by atoms with van der Waals surface area (Å²) in [6.45, 7) is 8.96. The zero-order chi connectivity index (χ0) is 32.4. The van der Waals surface area contributed by atoms with E-state index in [1.54, 1.807) is 69.3 Å². The summed E-state index contributed by atoms with van der Waals surface area (Å²) >= 11 is 6.15. The molecule has 1 unspecified atom stereocenters. The normalized spacial score (nSPS) is 15.4. The second kappa shape index (κ2) is 12.6. The summed E-state index contributed by atoms with van der Waals surface area (Å²) in [5.41, 5.74) is 1.84. The molecule has 0 aliphatic carbocycles. The van der Waals surface area contributed by atoms with Crippen LogP contribution in [0, 0.1) is 0 Å². The summed E-state index contributed by atoms with van der Waals surface area (Å²) in [4.78, 5) is 21.3. The van der Waals surface area contributed by atoms with Crippen molar-refractivity contribution in [2.45, 2.75) is 58.0 Å². The van der Waals surface area contributed by atoms with Gasteiger partial charge in [-0.1, -0.05) is 48.8 Å². The molecule has 2 N–H and O–H groups in total. The molecule has 1 amide bonds.